The Kier molecular flexibility index (Phi) is 6.06. The largest absolute Gasteiger partial charge is 0.481 e. The molecule has 23 heavy (non-hydrogen) atoms. The summed E-state index contributed by atoms with van der Waals surface area (Å²) in [6, 6.07) is 0. The fraction of sp³-hybridized carbons (Fsp3) is 0.889. The second kappa shape index (κ2) is 7.65. The monoisotopic (exact) mass is 325 g/mol. The van der Waals surface area contributed by atoms with Gasteiger partial charge in [-0.3, -0.25) is 9.59 Å². The lowest BCUT2D eigenvalue weighted by molar-refractivity contribution is -0.153. The van der Waals surface area contributed by atoms with Crippen LogP contribution in [0, 0.1) is 11.3 Å². The zero-order chi connectivity index (χ0) is 17.0. The number of ether oxygens (including phenoxy) is 1. The topological polar surface area (TPSA) is 66.8 Å². The molecular weight excluding hydrogens is 294 g/mol. The van der Waals surface area contributed by atoms with E-state index in [0.717, 1.165) is 12.8 Å². The van der Waals surface area contributed by atoms with Crippen LogP contribution in [0.2, 0.25) is 0 Å². The van der Waals surface area contributed by atoms with Crippen molar-refractivity contribution < 1.29 is 19.4 Å². The number of carboxylic acid groups (broad SMARTS) is 1. The maximum absolute atomic E-state index is 12.8. The van der Waals surface area contributed by atoms with Gasteiger partial charge in [0.05, 0.1) is 11.5 Å². The molecule has 0 bridgehead atoms. The van der Waals surface area contributed by atoms with E-state index in [4.69, 9.17) is 4.74 Å². The zero-order valence-corrected chi connectivity index (χ0v) is 14.7. The lowest BCUT2D eigenvalue weighted by atomic mass is 9.76. The van der Waals surface area contributed by atoms with Crippen LogP contribution in [0.4, 0.5) is 0 Å². The Bertz CT molecular complexity index is 431. The highest BCUT2D eigenvalue weighted by molar-refractivity contribution is 5.83. The highest BCUT2D eigenvalue weighted by Gasteiger charge is 2.49. The van der Waals surface area contributed by atoms with Gasteiger partial charge in [0.2, 0.25) is 0 Å². The minimum absolute atomic E-state index is 0.0112. The first-order valence-corrected chi connectivity index (χ1v) is 9.08. The molecule has 5 nitrogen and oxygen atoms in total. The summed E-state index contributed by atoms with van der Waals surface area (Å²) in [5.41, 5.74) is -0.807. The molecule has 1 saturated carbocycles. The predicted molar refractivity (Wildman–Crippen MR) is 88.1 cm³/mol. The molecule has 0 spiro atoms. The van der Waals surface area contributed by atoms with Gasteiger partial charge in [-0.2, -0.15) is 0 Å². The number of aliphatic carboxylic acids is 1. The van der Waals surface area contributed by atoms with Gasteiger partial charge in [0.1, 0.15) is 6.10 Å². The highest BCUT2D eigenvalue weighted by Crippen LogP contribution is 2.38. The van der Waals surface area contributed by atoms with E-state index in [1.165, 1.54) is 19.3 Å². The van der Waals surface area contributed by atoms with Crippen LogP contribution in [0.1, 0.15) is 65.7 Å². The van der Waals surface area contributed by atoms with Crippen molar-refractivity contribution in [3.05, 3.63) is 0 Å². The van der Waals surface area contributed by atoms with Gasteiger partial charge in [0.15, 0.2) is 0 Å². The number of likely N-dealkylation sites (tertiary alicyclic amines) is 1. The molecule has 0 aromatic carbocycles. The fourth-order valence-electron chi connectivity index (χ4n) is 3.88. The molecule has 132 valence electrons. The molecule has 1 N–H and O–H groups in total. The number of nitrogens with zero attached hydrogens (tertiary/aromatic N) is 1. The van der Waals surface area contributed by atoms with Crippen LogP contribution >= 0.6 is 0 Å². The quantitative estimate of drug-likeness (QED) is 0.815. The maximum atomic E-state index is 12.8. The molecule has 5 heteroatoms. The van der Waals surface area contributed by atoms with Gasteiger partial charge in [0.25, 0.3) is 5.91 Å². The van der Waals surface area contributed by atoms with Crippen LogP contribution in [0.15, 0.2) is 0 Å². The van der Waals surface area contributed by atoms with Crippen LogP contribution in [0.3, 0.4) is 0 Å². The van der Waals surface area contributed by atoms with Crippen molar-refractivity contribution in [1.29, 1.82) is 0 Å². The first-order valence-electron chi connectivity index (χ1n) is 9.08. The summed E-state index contributed by atoms with van der Waals surface area (Å²) in [5.74, 6) is -0.803. The van der Waals surface area contributed by atoms with E-state index < -0.39 is 17.5 Å². The standard InChI is InChI=1S/C18H31NO4/c1-4-15(23-14-8-6-5-7-9-14)16(20)19-11-10-18(12-19,13(2)3)17(21)22/h13-15H,4-12H2,1-3H3,(H,21,22). The Labute approximate surface area is 139 Å². The Morgan fingerprint density at radius 2 is 1.91 bits per heavy atom. The smallest absolute Gasteiger partial charge is 0.311 e. The average molecular weight is 325 g/mol. The summed E-state index contributed by atoms with van der Waals surface area (Å²) in [4.78, 5) is 26.2. The number of amides is 1. The predicted octanol–water partition coefficient (Wildman–Crippen LogP) is 3.07. The molecule has 2 fully saturated rings. The van der Waals surface area contributed by atoms with E-state index in [1.54, 1.807) is 4.90 Å². The van der Waals surface area contributed by atoms with Gasteiger partial charge in [-0.25, -0.2) is 0 Å². The molecule has 1 heterocycles. The van der Waals surface area contributed by atoms with Crippen LogP contribution in [0.25, 0.3) is 0 Å². The van der Waals surface area contributed by atoms with Gasteiger partial charge in [-0.05, 0) is 31.6 Å². The van der Waals surface area contributed by atoms with Crippen molar-refractivity contribution in [1.82, 2.24) is 4.90 Å². The van der Waals surface area contributed by atoms with Gasteiger partial charge in [0, 0.05) is 13.1 Å². The number of hydrogen-bond donors (Lipinski definition) is 1. The summed E-state index contributed by atoms with van der Waals surface area (Å²) < 4.78 is 6.07. The van der Waals surface area contributed by atoms with Crippen molar-refractivity contribution in [2.75, 3.05) is 13.1 Å². The van der Waals surface area contributed by atoms with Crippen molar-refractivity contribution in [3.63, 3.8) is 0 Å². The molecule has 2 unspecified atom stereocenters. The van der Waals surface area contributed by atoms with E-state index in [-0.39, 0.29) is 17.9 Å². The van der Waals surface area contributed by atoms with Gasteiger partial charge in [-0.15, -0.1) is 0 Å². The van der Waals surface area contributed by atoms with Crippen LogP contribution in [0.5, 0.6) is 0 Å². The second-order valence-corrected chi connectivity index (χ2v) is 7.42. The summed E-state index contributed by atoms with van der Waals surface area (Å²) in [6.07, 6.45) is 6.63. The van der Waals surface area contributed by atoms with Crippen LogP contribution in [-0.2, 0) is 14.3 Å². The SMILES string of the molecule is CCC(OC1CCCCC1)C(=O)N1CCC(C(=O)O)(C(C)C)C1. The minimum atomic E-state index is -0.807. The van der Waals surface area contributed by atoms with E-state index in [2.05, 4.69) is 0 Å². The molecule has 1 amide bonds. The lowest BCUT2D eigenvalue weighted by Crippen LogP contribution is -2.44. The first kappa shape index (κ1) is 18.2. The summed E-state index contributed by atoms with van der Waals surface area (Å²) in [6.45, 7) is 6.65. The number of carbonyl (C=O) groups is 2. The van der Waals surface area contributed by atoms with Gasteiger partial charge < -0.3 is 14.7 Å². The van der Waals surface area contributed by atoms with E-state index in [9.17, 15) is 14.7 Å². The lowest BCUT2D eigenvalue weighted by Gasteiger charge is -2.31. The number of carbonyl (C=O) groups excluding carboxylic acids is 1. The van der Waals surface area contributed by atoms with Crippen molar-refractivity contribution >= 4 is 11.9 Å². The molecule has 2 rings (SSSR count). The van der Waals surface area contributed by atoms with E-state index in [1.807, 2.05) is 20.8 Å². The van der Waals surface area contributed by atoms with Crippen molar-refractivity contribution in [3.8, 4) is 0 Å². The zero-order valence-electron chi connectivity index (χ0n) is 14.7. The second-order valence-electron chi connectivity index (χ2n) is 7.42. The third kappa shape index (κ3) is 3.87. The maximum Gasteiger partial charge on any atom is 0.311 e. The highest BCUT2D eigenvalue weighted by atomic mass is 16.5. The number of carboxylic acids is 1. The third-order valence-electron chi connectivity index (χ3n) is 5.70. The molecule has 2 aliphatic rings. The Morgan fingerprint density at radius 1 is 1.26 bits per heavy atom. The molecule has 2 atom stereocenters. The minimum Gasteiger partial charge on any atom is -0.481 e. The Hall–Kier alpha value is -1.10. The fourth-order valence-corrected chi connectivity index (χ4v) is 3.88. The Morgan fingerprint density at radius 3 is 2.39 bits per heavy atom. The van der Waals surface area contributed by atoms with Crippen LogP contribution < -0.4 is 0 Å². The third-order valence-corrected chi connectivity index (χ3v) is 5.70. The molecule has 1 aliphatic carbocycles. The van der Waals surface area contributed by atoms with E-state index in [0.29, 0.717) is 25.9 Å². The van der Waals surface area contributed by atoms with Crippen molar-refractivity contribution in [2.24, 2.45) is 11.3 Å². The summed E-state index contributed by atoms with van der Waals surface area (Å²) >= 11 is 0. The molecule has 0 aromatic heterocycles. The molecule has 1 saturated heterocycles. The van der Waals surface area contributed by atoms with Crippen molar-refractivity contribution in [2.45, 2.75) is 77.9 Å². The summed E-state index contributed by atoms with van der Waals surface area (Å²) in [7, 11) is 0. The average Bonchev–Trinajstić information content (AvgIpc) is 3.00. The van der Waals surface area contributed by atoms with Gasteiger partial charge >= 0.3 is 5.97 Å². The number of rotatable bonds is 6. The molecular formula is C18H31NO4. The molecule has 0 radical (unpaired) electrons. The van der Waals surface area contributed by atoms with Gasteiger partial charge in [-0.1, -0.05) is 40.0 Å². The molecule has 0 aromatic rings. The molecule has 1 aliphatic heterocycles. The Balaban J connectivity index is 1.99. The number of hydrogen-bond acceptors (Lipinski definition) is 3. The first-order chi connectivity index (χ1) is 10.9. The summed E-state index contributed by atoms with van der Waals surface area (Å²) in [5, 5.41) is 9.62. The van der Waals surface area contributed by atoms with Crippen LogP contribution in [-0.4, -0.2) is 47.2 Å². The van der Waals surface area contributed by atoms with E-state index >= 15 is 0 Å². The normalized spacial score (nSPS) is 27.4.